The van der Waals surface area contributed by atoms with Crippen LogP contribution in [0.25, 0.3) is 0 Å². The predicted molar refractivity (Wildman–Crippen MR) is 75.5 cm³/mol. The fourth-order valence-electron chi connectivity index (χ4n) is 2.55. The summed E-state index contributed by atoms with van der Waals surface area (Å²) in [7, 11) is 0. The molecule has 0 aliphatic carbocycles. The average Bonchev–Trinajstić information content (AvgIpc) is 2.76. The Balaban J connectivity index is 0.00000112. The highest BCUT2D eigenvalue weighted by atomic mass is 35.5. The highest BCUT2D eigenvalue weighted by molar-refractivity contribution is 6.21. The lowest BCUT2D eigenvalue weighted by Gasteiger charge is -2.23. The molecule has 0 aromatic heterocycles. The first-order valence-electron chi connectivity index (χ1n) is 5.93. The summed E-state index contributed by atoms with van der Waals surface area (Å²) < 4.78 is 0. The maximum atomic E-state index is 6.36. The van der Waals surface area contributed by atoms with Gasteiger partial charge in [0.2, 0.25) is 0 Å². The quantitative estimate of drug-likeness (QED) is 0.734. The second kappa shape index (κ2) is 8.82. The number of hydrogen-bond acceptors (Lipinski definition) is 2. The minimum Gasteiger partial charge on any atom is -0.302 e. The van der Waals surface area contributed by atoms with E-state index in [-0.39, 0.29) is 24.8 Å². The first-order valence-corrected chi connectivity index (χ1v) is 6.37. The molecule has 0 radical (unpaired) electrons. The Kier molecular flexibility index (Phi) is 9.25. The molecule has 0 aromatic rings. The monoisotopic (exact) mass is 288 g/mol. The molecular weight excluding hydrogens is 266 g/mol. The second-order valence-corrected chi connectivity index (χ2v) is 5.23. The molecule has 2 heterocycles. The lowest BCUT2D eigenvalue weighted by atomic mass is 10.3. The summed E-state index contributed by atoms with van der Waals surface area (Å²) in [5.41, 5.74) is 0. The Labute approximate surface area is 117 Å². The molecule has 0 aromatic carbocycles. The van der Waals surface area contributed by atoms with Crippen LogP contribution in [-0.4, -0.2) is 54.4 Å². The topological polar surface area (TPSA) is 6.48 Å². The van der Waals surface area contributed by atoms with Crippen LogP contribution in [0.1, 0.15) is 25.7 Å². The van der Waals surface area contributed by atoms with Crippen molar-refractivity contribution in [3.63, 3.8) is 0 Å². The van der Waals surface area contributed by atoms with Gasteiger partial charge in [-0.1, -0.05) is 0 Å². The molecule has 0 saturated carbocycles. The van der Waals surface area contributed by atoms with Crippen molar-refractivity contribution < 1.29 is 0 Å². The lowest BCUT2D eigenvalue weighted by Crippen LogP contribution is -2.35. The van der Waals surface area contributed by atoms with E-state index in [2.05, 4.69) is 9.80 Å². The molecule has 0 bridgehead atoms. The highest BCUT2D eigenvalue weighted by Crippen LogP contribution is 2.13. The van der Waals surface area contributed by atoms with Crippen molar-refractivity contribution >= 4 is 36.4 Å². The van der Waals surface area contributed by atoms with Crippen LogP contribution in [0.4, 0.5) is 0 Å². The Morgan fingerprint density at radius 3 is 1.38 bits per heavy atom. The van der Waals surface area contributed by atoms with Crippen LogP contribution < -0.4 is 0 Å². The van der Waals surface area contributed by atoms with Crippen LogP contribution >= 0.6 is 36.4 Å². The first kappa shape index (κ1) is 16.8. The van der Waals surface area contributed by atoms with Gasteiger partial charge in [-0.25, -0.2) is 0 Å². The van der Waals surface area contributed by atoms with E-state index in [1.54, 1.807) is 0 Å². The smallest absolute Gasteiger partial charge is 0.0590 e. The normalized spacial score (nSPS) is 22.1. The molecule has 2 fully saturated rings. The molecule has 0 N–H and O–H groups in total. The number of halogens is 3. The molecule has 0 amide bonds. The van der Waals surface area contributed by atoms with Gasteiger partial charge in [-0.3, -0.25) is 0 Å². The lowest BCUT2D eigenvalue weighted by molar-refractivity contribution is 0.284. The van der Waals surface area contributed by atoms with Gasteiger partial charge in [-0.2, -0.15) is 0 Å². The summed E-state index contributed by atoms with van der Waals surface area (Å²) in [6, 6.07) is 0. The van der Waals surface area contributed by atoms with Gasteiger partial charge in [0.1, 0.15) is 0 Å². The molecular formula is C11H23Cl3N2. The summed E-state index contributed by atoms with van der Waals surface area (Å²) in [5, 5.41) is 0.339. The third kappa shape index (κ3) is 5.42. The Morgan fingerprint density at radius 2 is 1.06 bits per heavy atom. The van der Waals surface area contributed by atoms with Gasteiger partial charge in [0.25, 0.3) is 0 Å². The summed E-state index contributed by atoms with van der Waals surface area (Å²) in [6.07, 6.45) is 5.47. The molecule has 0 unspecified atom stereocenters. The van der Waals surface area contributed by atoms with Gasteiger partial charge >= 0.3 is 0 Å². The number of hydrogen-bond donors (Lipinski definition) is 0. The largest absolute Gasteiger partial charge is 0.302 e. The Bertz CT molecular complexity index is 151. The van der Waals surface area contributed by atoms with Gasteiger partial charge in [0.05, 0.1) is 5.38 Å². The number of likely N-dealkylation sites (tertiary alicyclic amines) is 2. The number of alkyl halides is 1. The zero-order valence-electron chi connectivity index (χ0n) is 9.74. The SMILES string of the molecule is Cl.Cl.ClC(CN1CCCC1)CN1CCCC1. The van der Waals surface area contributed by atoms with Crippen molar-refractivity contribution in [2.45, 2.75) is 31.1 Å². The molecule has 2 saturated heterocycles. The van der Waals surface area contributed by atoms with E-state index in [0.29, 0.717) is 5.38 Å². The maximum Gasteiger partial charge on any atom is 0.0590 e. The van der Waals surface area contributed by atoms with Crippen LogP contribution in [0.5, 0.6) is 0 Å². The molecule has 2 aliphatic rings. The second-order valence-electron chi connectivity index (χ2n) is 4.61. The maximum absolute atomic E-state index is 6.36. The van der Waals surface area contributed by atoms with Crippen molar-refractivity contribution in [3.8, 4) is 0 Å². The molecule has 2 rings (SSSR count). The van der Waals surface area contributed by atoms with E-state index >= 15 is 0 Å². The fraction of sp³-hybridized carbons (Fsp3) is 1.00. The van der Waals surface area contributed by atoms with Gasteiger partial charge in [0.15, 0.2) is 0 Å². The Morgan fingerprint density at radius 1 is 0.750 bits per heavy atom. The van der Waals surface area contributed by atoms with Crippen LogP contribution in [0.15, 0.2) is 0 Å². The summed E-state index contributed by atoms with van der Waals surface area (Å²) in [5.74, 6) is 0. The molecule has 16 heavy (non-hydrogen) atoms. The average molecular weight is 290 g/mol. The van der Waals surface area contributed by atoms with Crippen LogP contribution in [0, 0.1) is 0 Å². The minimum atomic E-state index is 0. The standard InChI is InChI=1S/C11H21ClN2.2ClH/c12-11(9-13-5-1-2-6-13)10-14-7-3-4-8-14;;/h11H,1-10H2;2*1H. The minimum absolute atomic E-state index is 0. The van der Waals surface area contributed by atoms with Crippen molar-refractivity contribution in [1.82, 2.24) is 9.80 Å². The zero-order chi connectivity index (χ0) is 9.80. The Hall–Kier alpha value is 0.790. The van der Waals surface area contributed by atoms with Crippen molar-refractivity contribution in [2.24, 2.45) is 0 Å². The number of nitrogens with zero attached hydrogens (tertiary/aromatic N) is 2. The third-order valence-corrected chi connectivity index (χ3v) is 3.59. The fourth-order valence-corrected chi connectivity index (χ4v) is 2.94. The van der Waals surface area contributed by atoms with Gasteiger partial charge < -0.3 is 9.80 Å². The van der Waals surface area contributed by atoms with Crippen molar-refractivity contribution in [2.75, 3.05) is 39.3 Å². The summed E-state index contributed by atoms with van der Waals surface area (Å²) in [4.78, 5) is 5.02. The molecule has 0 atom stereocenters. The molecule has 5 heteroatoms. The molecule has 98 valence electrons. The number of rotatable bonds is 4. The third-order valence-electron chi connectivity index (χ3n) is 3.31. The van der Waals surface area contributed by atoms with E-state index in [4.69, 9.17) is 11.6 Å². The predicted octanol–water partition coefficient (Wildman–Crippen LogP) is 2.63. The molecule has 0 spiro atoms. The van der Waals surface area contributed by atoms with Gasteiger partial charge in [-0.15, -0.1) is 36.4 Å². The van der Waals surface area contributed by atoms with Crippen LogP contribution in [-0.2, 0) is 0 Å². The summed E-state index contributed by atoms with van der Waals surface area (Å²) in [6.45, 7) is 7.26. The van der Waals surface area contributed by atoms with Crippen molar-refractivity contribution in [1.29, 1.82) is 0 Å². The van der Waals surface area contributed by atoms with Gasteiger partial charge in [0, 0.05) is 13.1 Å². The highest BCUT2D eigenvalue weighted by Gasteiger charge is 2.19. The van der Waals surface area contributed by atoms with E-state index in [9.17, 15) is 0 Å². The van der Waals surface area contributed by atoms with E-state index in [1.165, 1.54) is 51.9 Å². The van der Waals surface area contributed by atoms with Gasteiger partial charge in [-0.05, 0) is 51.9 Å². The van der Waals surface area contributed by atoms with Crippen LogP contribution in [0.3, 0.4) is 0 Å². The van der Waals surface area contributed by atoms with Crippen LogP contribution in [0.2, 0.25) is 0 Å². The molecule has 2 nitrogen and oxygen atoms in total. The summed E-state index contributed by atoms with van der Waals surface area (Å²) >= 11 is 6.36. The van der Waals surface area contributed by atoms with Crippen molar-refractivity contribution in [3.05, 3.63) is 0 Å². The molecule has 2 aliphatic heterocycles. The van der Waals surface area contributed by atoms with E-state index in [1.807, 2.05) is 0 Å². The first-order chi connectivity index (χ1) is 6.84. The van der Waals surface area contributed by atoms with E-state index < -0.39 is 0 Å². The zero-order valence-corrected chi connectivity index (χ0v) is 12.1. The van der Waals surface area contributed by atoms with E-state index in [0.717, 1.165) is 13.1 Å².